The summed E-state index contributed by atoms with van der Waals surface area (Å²) in [6.45, 7) is 2.79. The highest BCUT2D eigenvalue weighted by atomic mass is 35.5. The van der Waals surface area contributed by atoms with Crippen LogP contribution < -0.4 is 5.32 Å². The molecule has 19 heavy (non-hydrogen) atoms. The maximum Gasteiger partial charge on any atom is 0.295 e. The third-order valence-corrected chi connectivity index (χ3v) is 4.04. The summed E-state index contributed by atoms with van der Waals surface area (Å²) in [6, 6.07) is 2.15. The predicted octanol–water partition coefficient (Wildman–Crippen LogP) is 4.38. The third kappa shape index (κ3) is 3.15. The van der Waals surface area contributed by atoms with Gasteiger partial charge in [0.1, 0.15) is 11.5 Å². The first-order valence-electron chi connectivity index (χ1n) is 6.29. The molecule has 6 heteroatoms. The Morgan fingerprint density at radius 3 is 2.68 bits per heavy atom. The number of rotatable bonds is 4. The zero-order chi connectivity index (χ0) is 14.0. The Labute approximate surface area is 116 Å². The molecule has 1 saturated carbocycles. The topological polar surface area (TPSA) is 55.2 Å². The highest BCUT2D eigenvalue weighted by molar-refractivity contribution is 6.31. The van der Waals surface area contributed by atoms with E-state index in [4.69, 9.17) is 11.6 Å². The molecule has 0 spiro atoms. The van der Waals surface area contributed by atoms with Crippen molar-refractivity contribution >= 4 is 23.0 Å². The standard InChI is InChI=1S/C13H16ClFN2O2/c1-13(4-2-3-5-13)8-16-11-6-9(14)10(15)7-12(11)17(18)19/h6-7,16H,2-5,8H2,1H3. The molecule has 1 aliphatic carbocycles. The van der Waals surface area contributed by atoms with Crippen molar-refractivity contribution in [1.82, 2.24) is 0 Å². The third-order valence-electron chi connectivity index (χ3n) is 3.75. The Morgan fingerprint density at radius 2 is 2.11 bits per heavy atom. The van der Waals surface area contributed by atoms with Crippen molar-refractivity contribution in [3.05, 3.63) is 33.1 Å². The summed E-state index contributed by atoms with van der Waals surface area (Å²) in [5.41, 5.74) is 0.155. The first-order valence-corrected chi connectivity index (χ1v) is 6.66. The molecule has 0 amide bonds. The number of anilines is 1. The van der Waals surface area contributed by atoms with Gasteiger partial charge in [0.15, 0.2) is 0 Å². The fraction of sp³-hybridized carbons (Fsp3) is 0.538. The molecule has 0 saturated heterocycles. The lowest BCUT2D eigenvalue weighted by Gasteiger charge is -2.24. The molecule has 2 rings (SSSR count). The number of nitro groups is 1. The Balaban J connectivity index is 2.19. The zero-order valence-corrected chi connectivity index (χ0v) is 11.5. The monoisotopic (exact) mass is 286 g/mol. The van der Waals surface area contributed by atoms with Gasteiger partial charge in [-0.3, -0.25) is 10.1 Å². The first-order chi connectivity index (χ1) is 8.91. The van der Waals surface area contributed by atoms with Crippen LogP contribution in [0, 0.1) is 21.3 Å². The summed E-state index contributed by atoms with van der Waals surface area (Å²) >= 11 is 5.68. The number of benzene rings is 1. The highest BCUT2D eigenvalue weighted by Crippen LogP contribution is 2.38. The molecule has 1 aliphatic rings. The van der Waals surface area contributed by atoms with E-state index in [1.807, 2.05) is 0 Å². The molecule has 0 radical (unpaired) electrons. The lowest BCUT2D eigenvalue weighted by atomic mass is 9.89. The van der Waals surface area contributed by atoms with Crippen LogP contribution in [0.25, 0.3) is 0 Å². The van der Waals surface area contributed by atoms with Crippen molar-refractivity contribution in [2.45, 2.75) is 32.6 Å². The van der Waals surface area contributed by atoms with Gasteiger partial charge in [0.05, 0.1) is 16.0 Å². The number of nitrogens with one attached hydrogen (secondary N) is 1. The van der Waals surface area contributed by atoms with Crippen molar-refractivity contribution in [1.29, 1.82) is 0 Å². The van der Waals surface area contributed by atoms with Gasteiger partial charge >= 0.3 is 0 Å². The van der Waals surface area contributed by atoms with E-state index in [0.29, 0.717) is 6.54 Å². The number of hydrogen-bond donors (Lipinski definition) is 1. The fourth-order valence-corrected chi connectivity index (χ4v) is 2.71. The predicted molar refractivity (Wildman–Crippen MR) is 73.1 cm³/mol. The average molecular weight is 287 g/mol. The number of hydrogen-bond acceptors (Lipinski definition) is 3. The number of halogens is 2. The first kappa shape index (κ1) is 14.1. The Hall–Kier alpha value is -1.36. The molecule has 104 valence electrons. The molecule has 0 unspecified atom stereocenters. The lowest BCUT2D eigenvalue weighted by molar-refractivity contribution is -0.384. The molecule has 0 heterocycles. The molecule has 0 aliphatic heterocycles. The normalized spacial score (nSPS) is 17.4. The second kappa shape index (κ2) is 5.33. The fourth-order valence-electron chi connectivity index (χ4n) is 2.54. The molecular formula is C13H16ClFN2O2. The van der Waals surface area contributed by atoms with Gasteiger partial charge in [0.25, 0.3) is 5.69 Å². The molecule has 0 bridgehead atoms. The van der Waals surface area contributed by atoms with E-state index in [1.165, 1.54) is 18.9 Å². The van der Waals surface area contributed by atoms with E-state index < -0.39 is 10.7 Å². The summed E-state index contributed by atoms with van der Waals surface area (Å²) in [6.07, 6.45) is 4.57. The minimum Gasteiger partial charge on any atom is -0.379 e. The SMILES string of the molecule is CC1(CNc2cc(Cl)c(F)cc2[N+](=O)[O-])CCCC1. The van der Waals surface area contributed by atoms with Gasteiger partial charge in [0, 0.05) is 6.54 Å². The van der Waals surface area contributed by atoms with Gasteiger partial charge in [-0.25, -0.2) is 4.39 Å². The number of nitro benzene ring substituents is 1. The van der Waals surface area contributed by atoms with E-state index in [-0.39, 0.29) is 21.8 Å². The molecule has 1 fully saturated rings. The average Bonchev–Trinajstić information content (AvgIpc) is 2.77. The summed E-state index contributed by atoms with van der Waals surface area (Å²) in [5, 5.41) is 13.9. The Bertz CT molecular complexity index is 502. The Morgan fingerprint density at radius 1 is 1.47 bits per heavy atom. The van der Waals surface area contributed by atoms with Crippen LogP contribution in [0.5, 0.6) is 0 Å². The van der Waals surface area contributed by atoms with E-state index in [1.54, 1.807) is 0 Å². The van der Waals surface area contributed by atoms with Gasteiger partial charge in [-0.2, -0.15) is 0 Å². The van der Waals surface area contributed by atoms with Crippen molar-refractivity contribution < 1.29 is 9.31 Å². The molecule has 4 nitrogen and oxygen atoms in total. The largest absolute Gasteiger partial charge is 0.379 e. The number of nitrogens with zero attached hydrogens (tertiary/aromatic N) is 1. The highest BCUT2D eigenvalue weighted by Gasteiger charge is 2.29. The zero-order valence-electron chi connectivity index (χ0n) is 10.7. The van der Waals surface area contributed by atoms with Crippen LogP contribution in [0.2, 0.25) is 5.02 Å². The van der Waals surface area contributed by atoms with Crippen LogP contribution in [-0.4, -0.2) is 11.5 Å². The van der Waals surface area contributed by atoms with E-state index in [2.05, 4.69) is 12.2 Å². The van der Waals surface area contributed by atoms with Gasteiger partial charge in [-0.1, -0.05) is 31.4 Å². The van der Waals surface area contributed by atoms with Crippen molar-refractivity contribution in [2.75, 3.05) is 11.9 Å². The van der Waals surface area contributed by atoms with Crippen LogP contribution in [-0.2, 0) is 0 Å². The van der Waals surface area contributed by atoms with Crippen LogP contribution >= 0.6 is 11.6 Å². The molecule has 1 aromatic rings. The summed E-state index contributed by atoms with van der Waals surface area (Å²) in [7, 11) is 0. The van der Waals surface area contributed by atoms with E-state index >= 15 is 0 Å². The molecule has 0 atom stereocenters. The molecule has 1 N–H and O–H groups in total. The van der Waals surface area contributed by atoms with Crippen molar-refractivity contribution in [3.63, 3.8) is 0 Å². The second-order valence-electron chi connectivity index (χ2n) is 5.41. The lowest BCUT2D eigenvalue weighted by Crippen LogP contribution is -2.23. The van der Waals surface area contributed by atoms with Gasteiger partial charge < -0.3 is 5.32 Å². The summed E-state index contributed by atoms with van der Waals surface area (Å²) in [4.78, 5) is 10.3. The maximum absolute atomic E-state index is 13.3. The maximum atomic E-state index is 13.3. The molecule has 1 aromatic carbocycles. The summed E-state index contributed by atoms with van der Waals surface area (Å²) < 4.78 is 13.3. The van der Waals surface area contributed by atoms with E-state index in [0.717, 1.165) is 18.9 Å². The molecular weight excluding hydrogens is 271 g/mol. The van der Waals surface area contributed by atoms with Crippen molar-refractivity contribution in [2.24, 2.45) is 5.41 Å². The molecule has 0 aromatic heterocycles. The van der Waals surface area contributed by atoms with Crippen LogP contribution in [0.4, 0.5) is 15.8 Å². The van der Waals surface area contributed by atoms with Gasteiger partial charge in [0.2, 0.25) is 0 Å². The van der Waals surface area contributed by atoms with Gasteiger partial charge in [-0.15, -0.1) is 0 Å². The van der Waals surface area contributed by atoms with Crippen LogP contribution in [0.15, 0.2) is 12.1 Å². The van der Waals surface area contributed by atoms with E-state index in [9.17, 15) is 14.5 Å². The van der Waals surface area contributed by atoms with Crippen molar-refractivity contribution in [3.8, 4) is 0 Å². The van der Waals surface area contributed by atoms with Gasteiger partial charge in [-0.05, 0) is 24.3 Å². The van der Waals surface area contributed by atoms with Crippen LogP contribution in [0.3, 0.4) is 0 Å². The Kier molecular flexibility index (Phi) is 3.94. The minimum atomic E-state index is -0.772. The second-order valence-corrected chi connectivity index (χ2v) is 5.82. The minimum absolute atomic E-state index is 0.107. The summed E-state index contributed by atoms with van der Waals surface area (Å²) in [5.74, 6) is -0.772. The van der Waals surface area contributed by atoms with Crippen LogP contribution in [0.1, 0.15) is 32.6 Å². The quantitative estimate of drug-likeness (QED) is 0.660. The smallest absolute Gasteiger partial charge is 0.295 e.